The molecule has 7 aromatic rings. The number of pyridine rings is 2. The second-order valence-electron chi connectivity index (χ2n) is 8.80. The third-order valence-corrected chi connectivity index (χ3v) is 6.81. The van der Waals surface area contributed by atoms with E-state index in [-0.39, 0.29) is 0 Å². The Bertz CT molecular complexity index is 1850. The van der Waals surface area contributed by atoms with E-state index in [1.807, 2.05) is 24.7 Å². The molecule has 3 nitrogen and oxygen atoms in total. The van der Waals surface area contributed by atoms with Crippen molar-refractivity contribution in [1.82, 2.24) is 14.5 Å². The van der Waals surface area contributed by atoms with Crippen LogP contribution in [0.4, 0.5) is 0 Å². The predicted octanol–water partition coefficient (Wildman–Crippen LogP) is 7.86. The van der Waals surface area contributed by atoms with Crippen LogP contribution in [0, 0.1) is 6.92 Å². The van der Waals surface area contributed by atoms with Gasteiger partial charge in [-0.2, -0.15) is 0 Å². The van der Waals surface area contributed by atoms with Gasteiger partial charge in [0.05, 0.1) is 16.6 Å². The minimum atomic E-state index is 1.04. The van der Waals surface area contributed by atoms with Gasteiger partial charge in [-0.1, -0.05) is 42.5 Å². The summed E-state index contributed by atoms with van der Waals surface area (Å²) in [6.07, 6.45) is 5.67. The Morgan fingerprint density at radius 2 is 1.53 bits per heavy atom. The molecule has 0 amide bonds. The average Bonchev–Trinajstić information content (AvgIpc) is 3.21. The molecule has 0 fully saturated rings. The van der Waals surface area contributed by atoms with Crippen molar-refractivity contribution in [3.8, 4) is 16.8 Å². The van der Waals surface area contributed by atoms with Crippen molar-refractivity contribution in [3.63, 3.8) is 0 Å². The Labute approximate surface area is 196 Å². The van der Waals surface area contributed by atoms with E-state index in [4.69, 9.17) is 4.98 Å². The first-order valence-corrected chi connectivity index (χ1v) is 11.5. The SMILES string of the molecule is Cc1ccnc2c1c(-c1cccnc1)cc1cc3c(cc12)c1ccccc1n3-c1ccccc1. The molecule has 7 rings (SSSR count). The summed E-state index contributed by atoms with van der Waals surface area (Å²) in [5.41, 5.74) is 8.10. The summed E-state index contributed by atoms with van der Waals surface area (Å²) in [5.74, 6) is 0. The number of nitrogens with zero attached hydrogens (tertiary/aromatic N) is 3. The second kappa shape index (κ2) is 7.26. The van der Waals surface area contributed by atoms with Crippen LogP contribution in [0.1, 0.15) is 5.56 Å². The van der Waals surface area contributed by atoms with Crippen molar-refractivity contribution in [2.24, 2.45) is 0 Å². The maximum atomic E-state index is 4.88. The lowest BCUT2D eigenvalue weighted by Crippen LogP contribution is -1.94. The van der Waals surface area contributed by atoms with Gasteiger partial charge < -0.3 is 4.57 Å². The van der Waals surface area contributed by atoms with Crippen molar-refractivity contribution in [1.29, 1.82) is 0 Å². The summed E-state index contributed by atoms with van der Waals surface area (Å²) in [4.78, 5) is 9.27. The van der Waals surface area contributed by atoms with Crippen LogP contribution < -0.4 is 0 Å². The van der Waals surface area contributed by atoms with Crippen LogP contribution in [0.3, 0.4) is 0 Å². The minimum absolute atomic E-state index is 1.04. The molecule has 34 heavy (non-hydrogen) atoms. The third-order valence-electron chi connectivity index (χ3n) is 6.81. The van der Waals surface area contributed by atoms with E-state index >= 15 is 0 Å². The van der Waals surface area contributed by atoms with Gasteiger partial charge in [0.2, 0.25) is 0 Å². The molecule has 4 aromatic carbocycles. The summed E-state index contributed by atoms with van der Waals surface area (Å²) in [5, 5.41) is 6.03. The molecule has 0 spiro atoms. The summed E-state index contributed by atoms with van der Waals surface area (Å²) in [6.45, 7) is 2.16. The summed E-state index contributed by atoms with van der Waals surface area (Å²) in [7, 11) is 0. The molecule has 0 saturated heterocycles. The number of hydrogen-bond acceptors (Lipinski definition) is 2. The highest BCUT2D eigenvalue weighted by molar-refractivity contribution is 6.20. The van der Waals surface area contributed by atoms with Crippen LogP contribution in [-0.4, -0.2) is 14.5 Å². The zero-order valence-electron chi connectivity index (χ0n) is 18.7. The fourth-order valence-electron chi connectivity index (χ4n) is 5.29. The standard InChI is InChI=1S/C31H21N3/c1-20-13-15-33-31-26-18-27-24-11-5-6-12-28(24)34(23-9-3-2-4-10-23)29(27)17-22(26)16-25(30(20)31)21-8-7-14-32-19-21/h2-19H,1H3. The van der Waals surface area contributed by atoms with Crippen molar-refractivity contribution in [2.75, 3.05) is 0 Å². The van der Waals surface area contributed by atoms with Gasteiger partial charge in [-0.3, -0.25) is 9.97 Å². The number of rotatable bonds is 2. The molecular weight excluding hydrogens is 414 g/mol. The highest BCUT2D eigenvalue weighted by Gasteiger charge is 2.17. The normalized spacial score (nSPS) is 11.7. The molecule has 0 aliphatic heterocycles. The smallest absolute Gasteiger partial charge is 0.0789 e. The number of para-hydroxylation sites is 2. The van der Waals surface area contributed by atoms with E-state index in [1.54, 1.807) is 0 Å². The lowest BCUT2D eigenvalue weighted by molar-refractivity contribution is 1.18. The quantitative estimate of drug-likeness (QED) is 0.259. The van der Waals surface area contributed by atoms with Crippen LogP contribution in [0.5, 0.6) is 0 Å². The van der Waals surface area contributed by atoms with Crippen LogP contribution >= 0.6 is 0 Å². The Kier molecular flexibility index (Phi) is 4.06. The van der Waals surface area contributed by atoms with Gasteiger partial charge in [0.1, 0.15) is 0 Å². The molecule has 3 heteroatoms. The first-order chi connectivity index (χ1) is 16.8. The van der Waals surface area contributed by atoms with Crippen molar-refractivity contribution >= 4 is 43.5 Å². The minimum Gasteiger partial charge on any atom is -0.309 e. The van der Waals surface area contributed by atoms with Gasteiger partial charge in [-0.25, -0.2) is 0 Å². The first kappa shape index (κ1) is 19.0. The molecule has 0 aliphatic carbocycles. The number of aryl methyl sites for hydroxylation is 1. The predicted molar refractivity (Wildman–Crippen MR) is 142 cm³/mol. The molecule has 0 unspecified atom stereocenters. The molecule has 0 bridgehead atoms. The number of aromatic nitrogens is 3. The van der Waals surface area contributed by atoms with Gasteiger partial charge in [0, 0.05) is 51.4 Å². The monoisotopic (exact) mass is 435 g/mol. The summed E-state index contributed by atoms with van der Waals surface area (Å²) >= 11 is 0. The van der Waals surface area contributed by atoms with E-state index in [1.165, 1.54) is 49.1 Å². The maximum Gasteiger partial charge on any atom is 0.0789 e. The van der Waals surface area contributed by atoms with Crippen molar-refractivity contribution in [2.45, 2.75) is 6.92 Å². The van der Waals surface area contributed by atoms with Crippen LogP contribution in [0.25, 0.3) is 60.3 Å². The lowest BCUT2D eigenvalue weighted by Gasteiger charge is -2.13. The van der Waals surface area contributed by atoms with E-state index in [2.05, 4.69) is 101 Å². The van der Waals surface area contributed by atoms with Gasteiger partial charge >= 0.3 is 0 Å². The first-order valence-electron chi connectivity index (χ1n) is 11.5. The highest BCUT2D eigenvalue weighted by atomic mass is 15.0. The molecule has 0 saturated carbocycles. The summed E-state index contributed by atoms with van der Waals surface area (Å²) in [6, 6.07) is 32.4. The molecular formula is C31H21N3. The fraction of sp³-hybridized carbons (Fsp3) is 0.0323. The Morgan fingerprint density at radius 1 is 0.676 bits per heavy atom. The molecule has 0 atom stereocenters. The van der Waals surface area contributed by atoms with Gasteiger partial charge in [-0.15, -0.1) is 0 Å². The molecule has 0 N–H and O–H groups in total. The fourth-order valence-corrected chi connectivity index (χ4v) is 5.29. The average molecular weight is 436 g/mol. The number of benzene rings is 4. The largest absolute Gasteiger partial charge is 0.309 e. The molecule has 160 valence electrons. The van der Waals surface area contributed by atoms with Crippen LogP contribution in [0.2, 0.25) is 0 Å². The van der Waals surface area contributed by atoms with E-state index in [0.717, 1.165) is 16.8 Å². The Hall–Kier alpha value is -4.50. The molecule has 3 heterocycles. The molecule has 3 aromatic heterocycles. The lowest BCUT2D eigenvalue weighted by atomic mass is 9.93. The second-order valence-corrected chi connectivity index (χ2v) is 8.80. The number of hydrogen-bond donors (Lipinski definition) is 0. The Morgan fingerprint density at radius 3 is 2.38 bits per heavy atom. The highest BCUT2D eigenvalue weighted by Crippen LogP contribution is 2.40. The Balaban J connectivity index is 1.68. The van der Waals surface area contributed by atoms with E-state index in [0.29, 0.717) is 0 Å². The van der Waals surface area contributed by atoms with Crippen molar-refractivity contribution < 1.29 is 0 Å². The molecule has 0 aliphatic rings. The van der Waals surface area contributed by atoms with Gasteiger partial charge in [0.15, 0.2) is 0 Å². The molecule has 0 radical (unpaired) electrons. The number of fused-ring (bicyclic) bond motifs is 6. The van der Waals surface area contributed by atoms with Gasteiger partial charge in [-0.05, 0) is 72.0 Å². The van der Waals surface area contributed by atoms with E-state index in [9.17, 15) is 0 Å². The maximum absolute atomic E-state index is 4.88. The topological polar surface area (TPSA) is 30.7 Å². The third kappa shape index (κ3) is 2.70. The van der Waals surface area contributed by atoms with E-state index < -0.39 is 0 Å². The zero-order chi connectivity index (χ0) is 22.6. The van der Waals surface area contributed by atoms with Crippen molar-refractivity contribution in [3.05, 3.63) is 115 Å². The van der Waals surface area contributed by atoms with Crippen LogP contribution in [-0.2, 0) is 0 Å². The summed E-state index contributed by atoms with van der Waals surface area (Å²) < 4.78 is 2.36. The van der Waals surface area contributed by atoms with Gasteiger partial charge in [0.25, 0.3) is 0 Å². The van der Waals surface area contributed by atoms with Crippen LogP contribution in [0.15, 0.2) is 110 Å². The zero-order valence-corrected chi connectivity index (χ0v) is 18.7.